The van der Waals surface area contributed by atoms with Crippen molar-refractivity contribution in [3.63, 3.8) is 0 Å². The summed E-state index contributed by atoms with van der Waals surface area (Å²) >= 11 is 0. The monoisotopic (exact) mass is 580 g/mol. The van der Waals surface area contributed by atoms with E-state index in [9.17, 15) is 10.2 Å². The van der Waals surface area contributed by atoms with E-state index in [2.05, 4.69) is 48.6 Å². The van der Waals surface area contributed by atoms with Gasteiger partial charge in [0.2, 0.25) is 0 Å². The first-order valence-electron chi connectivity index (χ1n) is 14.1. The van der Waals surface area contributed by atoms with Gasteiger partial charge in [-0.1, -0.05) is 169 Å². The zero-order chi connectivity index (χ0) is 29.4. The maximum atomic E-state index is 12.7. The number of hydrogen-bond donors (Lipinski definition) is 0. The van der Waals surface area contributed by atoms with Gasteiger partial charge in [-0.25, -0.2) is 0 Å². The van der Waals surface area contributed by atoms with Gasteiger partial charge in [0, 0.05) is 0 Å². The van der Waals surface area contributed by atoms with Crippen molar-refractivity contribution in [2.45, 2.75) is 0 Å². The van der Waals surface area contributed by atoms with Gasteiger partial charge >= 0.3 is 23.1 Å². The summed E-state index contributed by atoms with van der Waals surface area (Å²) in [5, 5.41) is 25.4. The van der Waals surface area contributed by atoms with Gasteiger partial charge in [-0.2, -0.15) is 0 Å². The molecule has 0 saturated carbocycles. The van der Waals surface area contributed by atoms with Crippen LogP contribution in [0.2, 0.25) is 0 Å². The van der Waals surface area contributed by atoms with E-state index >= 15 is 0 Å². The van der Waals surface area contributed by atoms with Gasteiger partial charge in [0.25, 0.3) is 0 Å². The number of ether oxygens (including phenoxy) is 1. The molecule has 0 fully saturated rings. The topological polar surface area (TPSA) is 55.3 Å². The summed E-state index contributed by atoms with van der Waals surface area (Å²) in [6, 6.07) is 46.3. The van der Waals surface area contributed by atoms with Crippen molar-refractivity contribution < 1.29 is 14.9 Å². The van der Waals surface area contributed by atoms with Gasteiger partial charge in [0.15, 0.2) is 0 Å². The number of hydrogen-bond acceptors (Lipinski definition) is 3. The van der Waals surface area contributed by atoms with Crippen LogP contribution in [-0.4, -0.2) is 23.1 Å². The second kappa shape index (κ2) is 14.4. The fourth-order valence-electron chi connectivity index (χ4n) is 4.74. The maximum absolute atomic E-state index is 12.7. The second-order valence-corrected chi connectivity index (χ2v) is 10.2. The minimum atomic E-state index is -0.287. The van der Waals surface area contributed by atoms with E-state index in [0.717, 1.165) is 44.5 Å². The second-order valence-electron chi connectivity index (χ2n) is 10.2. The Balaban J connectivity index is 0.00000384. The van der Waals surface area contributed by atoms with Gasteiger partial charge < -0.3 is 14.9 Å². The predicted octanol–water partition coefficient (Wildman–Crippen LogP) is 8.92. The average molecular weight is 581 g/mol. The zero-order valence-corrected chi connectivity index (χ0v) is 25.5. The normalized spacial score (nSPS) is 11.0. The number of benzene rings is 6. The van der Waals surface area contributed by atoms with Crippen molar-refractivity contribution in [1.82, 2.24) is 0 Å². The molecule has 6 rings (SSSR count). The van der Waals surface area contributed by atoms with Crippen LogP contribution < -0.4 is 14.9 Å². The van der Waals surface area contributed by atoms with Crippen LogP contribution in [0.4, 0.5) is 0 Å². The minimum absolute atomic E-state index is 0. The summed E-state index contributed by atoms with van der Waals surface area (Å²) in [6.45, 7) is 0. The summed E-state index contributed by atoms with van der Waals surface area (Å²) in [5.74, 6) is -0.349. The fraction of sp³-hybridized carbons (Fsp3) is 0. The SMILES string of the molecule is [Mg+2].[O-]c1ccc(-c2ccc(/C=C/c3ccccc3)cc2)cc1Oc1cc(-c2ccc(/C=C/c3ccccc3)cc2)ccc1[O-]. The largest absolute Gasteiger partial charge is 2.00 e. The van der Waals surface area contributed by atoms with Gasteiger partial charge in [0.1, 0.15) is 11.5 Å². The van der Waals surface area contributed by atoms with Crippen LogP contribution in [0, 0.1) is 0 Å². The maximum Gasteiger partial charge on any atom is 2.00 e. The van der Waals surface area contributed by atoms with Crippen molar-refractivity contribution in [2.75, 3.05) is 0 Å². The first-order valence-corrected chi connectivity index (χ1v) is 14.1. The Morgan fingerprint density at radius 3 is 1.05 bits per heavy atom. The fourth-order valence-corrected chi connectivity index (χ4v) is 4.74. The predicted molar refractivity (Wildman–Crippen MR) is 179 cm³/mol. The summed E-state index contributed by atoms with van der Waals surface area (Å²) in [5.41, 5.74) is 7.95. The molecule has 6 aromatic carbocycles. The molecule has 44 heavy (non-hydrogen) atoms. The Bertz CT molecular complexity index is 1740. The zero-order valence-electron chi connectivity index (χ0n) is 24.1. The molecule has 0 aliphatic carbocycles. The van der Waals surface area contributed by atoms with Crippen LogP contribution >= 0.6 is 0 Å². The molecule has 0 amide bonds. The van der Waals surface area contributed by atoms with E-state index in [0.29, 0.717) is 0 Å². The number of rotatable bonds is 8. The molecule has 0 radical (unpaired) electrons. The molecule has 4 heteroatoms. The van der Waals surface area contributed by atoms with Crippen molar-refractivity contribution >= 4 is 47.4 Å². The van der Waals surface area contributed by atoms with E-state index in [1.807, 2.05) is 84.9 Å². The Kier molecular flexibility index (Phi) is 9.98. The average Bonchev–Trinajstić information content (AvgIpc) is 3.06. The molecule has 0 heterocycles. The molecule has 0 atom stereocenters. The van der Waals surface area contributed by atoms with E-state index in [1.54, 1.807) is 24.3 Å². The van der Waals surface area contributed by atoms with Crippen molar-refractivity contribution in [2.24, 2.45) is 0 Å². The molecule has 6 aromatic rings. The third-order valence-corrected chi connectivity index (χ3v) is 7.13. The van der Waals surface area contributed by atoms with E-state index < -0.39 is 0 Å². The van der Waals surface area contributed by atoms with Crippen molar-refractivity contribution in [3.8, 4) is 45.3 Å². The molecule has 0 aliphatic rings. The Labute approximate surface area is 274 Å². The van der Waals surface area contributed by atoms with Crippen molar-refractivity contribution in [3.05, 3.63) is 168 Å². The molecule has 3 nitrogen and oxygen atoms in total. The van der Waals surface area contributed by atoms with Crippen molar-refractivity contribution in [1.29, 1.82) is 0 Å². The summed E-state index contributed by atoms with van der Waals surface area (Å²) in [4.78, 5) is 0. The molecular formula is C40H28MgO3. The molecule has 0 N–H and O–H groups in total. The van der Waals surface area contributed by atoms with E-state index in [4.69, 9.17) is 4.74 Å². The van der Waals surface area contributed by atoms with Crippen LogP contribution in [0.1, 0.15) is 22.3 Å². The first-order chi connectivity index (χ1) is 21.1. The Morgan fingerprint density at radius 2 is 0.682 bits per heavy atom. The first kappa shape index (κ1) is 30.4. The molecule has 208 valence electrons. The smallest absolute Gasteiger partial charge is 0.870 e. The van der Waals surface area contributed by atoms with Crippen LogP contribution in [0.15, 0.2) is 146 Å². The molecule has 0 unspecified atom stereocenters. The van der Waals surface area contributed by atoms with Crippen LogP contribution in [0.3, 0.4) is 0 Å². The van der Waals surface area contributed by atoms with Gasteiger partial charge in [-0.3, -0.25) is 0 Å². The molecule has 0 spiro atoms. The van der Waals surface area contributed by atoms with Crippen LogP contribution in [-0.2, 0) is 0 Å². The van der Waals surface area contributed by atoms with E-state index in [-0.39, 0.29) is 46.1 Å². The molecule has 0 aromatic heterocycles. The standard InChI is InChI=1S/C40H30O3.Mg/c41-37-25-23-35(33-19-15-31(16-20-33)13-11-29-7-3-1-4-8-29)27-39(37)43-40-28-36(24-26-38(40)42)34-21-17-32(18-22-34)14-12-30-9-5-2-6-10-30;/h1-28,41-42H;/q;+2/p-2/b13-11+,14-12+;. The van der Waals surface area contributed by atoms with Gasteiger partial charge in [-0.15, -0.1) is 0 Å². The quantitative estimate of drug-likeness (QED) is 0.133. The molecule has 0 saturated heterocycles. The summed E-state index contributed by atoms with van der Waals surface area (Å²) < 4.78 is 5.94. The molecule has 0 bridgehead atoms. The van der Waals surface area contributed by atoms with Crippen LogP contribution in [0.25, 0.3) is 46.6 Å². The molecule has 0 aliphatic heterocycles. The Hall–Kier alpha value is -5.03. The van der Waals surface area contributed by atoms with E-state index in [1.165, 1.54) is 12.1 Å². The van der Waals surface area contributed by atoms with Gasteiger partial charge in [0.05, 0.1) is 0 Å². The van der Waals surface area contributed by atoms with Gasteiger partial charge in [-0.05, 0) is 56.6 Å². The molecular weight excluding hydrogens is 553 g/mol. The summed E-state index contributed by atoms with van der Waals surface area (Å²) in [6.07, 6.45) is 8.26. The minimum Gasteiger partial charge on any atom is -0.870 e. The third kappa shape index (κ3) is 7.67. The van der Waals surface area contributed by atoms with Crippen LogP contribution in [0.5, 0.6) is 23.0 Å². The summed E-state index contributed by atoms with van der Waals surface area (Å²) in [7, 11) is 0. The third-order valence-electron chi connectivity index (χ3n) is 7.13. The Morgan fingerprint density at radius 1 is 0.364 bits per heavy atom.